The number of para-hydroxylation sites is 1. The minimum atomic E-state index is -1.29. The zero-order valence-electron chi connectivity index (χ0n) is 8.33. The quantitative estimate of drug-likeness (QED) is 0.796. The number of hydrogen-bond donors (Lipinski definition) is 1. The molecule has 0 aliphatic heterocycles. The van der Waals surface area contributed by atoms with Gasteiger partial charge in [-0.15, -0.1) is 0 Å². The Labute approximate surface area is 101 Å². The van der Waals surface area contributed by atoms with Gasteiger partial charge in [0.25, 0.3) is 0 Å². The molecule has 0 fully saturated rings. The van der Waals surface area contributed by atoms with E-state index in [9.17, 15) is 9.90 Å². The molecule has 1 aromatic heterocycles. The normalized spacial score (nSPS) is 9.88. The molecule has 2 aromatic rings. The lowest BCUT2D eigenvalue weighted by Crippen LogP contribution is -2.22. The van der Waals surface area contributed by atoms with E-state index in [1.54, 1.807) is 18.2 Å². The van der Waals surface area contributed by atoms with E-state index in [4.69, 9.17) is 23.2 Å². The monoisotopic (exact) mass is 258 g/mol. The number of rotatable bonds is 1. The Kier molecular flexibility index (Phi) is 3.70. The molecule has 2 rings (SSSR count). The third-order valence-electron chi connectivity index (χ3n) is 1.98. The Morgan fingerprint density at radius 2 is 2.00 bits per heavy atom. The van der Waals surface area contributed by atoms with Crippen molar-refractivity contribution in [3.63, 3.8) is 0 Å². The Morgan fingerprint density at radius 3 is 2.62 bits per heavy atom. The highest BCUT2D eigenvalue weighted by Gasteiger charge is 2.06. The van der Waals surface area contributed by atoms with Crippen molar-refractivity contribution in [3.8, 4) is 0 Å². The molecule has 16 heavy (non-hydrogen) atoms. The molecule has 0 saturated carbocycles. The van der Waals surface area contributed by atoms with E-state index in [1.807, 2.05) is 0 Å². The predicted octanol–water partition coefficient (Wildman–Crippen LogP) is 2.28. The van der Waals surface area contributed by atoms with Gasteiger partial charge in [0.05, 0.1) is 16.5 Å². The van der Waals surface area contributed by atoms with Gasteiger partial charge in [-0.1, -0.05) is 41.4 Å². The van der Waals surface area contributed by atoms with Crippen molar-refractivity contribution in [2.45, 2.75) is 0 Å². The van der Waals surface area contributed by atoms with Crippen molar-refractivity contribution in [1.82, 2.24) is 11.1 Å². The van der Waals surface area contributed by atoms with Gasteiger partial charge in [-0.05, 0) is 6.07 Å². The topological polar surface area (TPSA) is 89.5 Å². The number of aromatic nitrogens is 1. The van der Waals surface area contributed by atoms with Gasteiger partial charge >= 0.3 is 0 Å². The molecule has 1 heterocycles. The number of aromatic carboxylic acids is 1. The fraction of sp³-hybridized carbons (Fsp3) is 0. The second-order valence-corrected chi connectivity index (χ2v) is 3.69. The van der Waals surface area contributed by atoms with Crippen LogP contribution >= 0.6 is 23.2 Å². The van der Waals surface area contributed by atoms with Crippen LogP contribution in [-0.4, -0.2) is 11.0 Å². The molecule has 6 heteroatoms. The molecule has 4 nitrogen and oxygen atoms in total. The lowest BCUT2D eigenvalue weighted by atomic mass is 10.1. The summed E-state index contributed by atoms with van der Waals surface area (Å²) in [6.45, 7) is 0. The molecule has 0 radical (unpaired) electrons. The Bertz CT molecular complexity index is 558. The van der Waals surface area contributed by atoms with Crippen molar-refractivity contribution in [3.05, 3.63) is 40.0 Å². The van der Waals surface area contributed by atoms with E-state index >= 15 is 0 Å². The summed E-state index contributed by atoms with van der Waals surface area (Å²) in [5, 5.41) is 11.8. The van der Waals surface area contributed by atoms with Crippen LogP contribution in [0.2, 0.25) is 10.2 Å². The first-order chi connectivity index (χ1) is 7.09. The van der Waals surface area contributed by atoms with E-state index in [-0.39, 0.29) is 22.4 Å². The van der Waals surface area contributed by atoms with Crippen LogP contribution in [0.15, 0.2) is 24.3 Å². The molecule has 0 atom stereocenters. The van der Waals surface area contributed by atoms with Gasteiger partial charge in [0, 0.05) is 10.9 Å². The van der Waals surface area contributed by atoms with Crippen LogP contribution < -0.4 is 11.3 Å². The average Bonchev–Trinajstić information content (AvgIpc) is 2.18. The Morgan fingerprint density at radius 1 is 1.31 bits per heavy atom. The molecule has 4 N–H and O–H groups in total. The first-order valence-electron chi connectivity index (χ1n) is 4.05. The van der Waals surface area contributed by atoms with Gasteiger partial charge in [0.15, 0.2) is 0 Å². The minimum absolute atomic E-state index is 0. The van der Waals surface area contributed by atoms with Gasteiger partial charge < -0.3 is 16.1 Å². The summed E-state index contributed by atoms with van der Waals surface area (Å²) in [5.74, 6) is -1.29. The smallest absolute Gasteiger partial charge is 0.148 e. The van der Waals surface area contributed by atoms with Crippen molar-refractivity contribution in [2.24, 2.45) is 0 Å². The molecular formula is C10H8Cl2N2O2. The number of benzene rings is 1. The number of carbonyl (C=O) groups is 1. The van der Waals surface area contributed by atoms with E-state index in [0.29, 0.717) is 10.4 Å². The average molecular weight is 259 g/mol. The van der Waals surface area contributed by atoms with Crippen LogP contribution in [0.4, 0.5) is 0 Å². The third kappa shape index (κ3) is 2.09. The molecule has 0 amide bonds. The number of carboxylic acid groups (broad SMARTS) is 1. The Balaban J connectivity index is 0.00000128. The molecule has 0 aliphatic rings. The zero-order valence-corrected chi connectivity index (χ0v) is 9.84. The summed E-state index contributed by atoms with van der Waals surface area (Å²) >= 11 is 11.5. The molecule has 84 valence electrons. The highest BCUT2D eigenvalue weighted by Crippen LogP contribution is 2.26. The van der Waals surface area contributed by atoms with Crippen molar-refractivity contribution < 1.29 is 9.90 Å². The molecule has 0 aliphatic carbocycles. The van der Waals surface area contributed by atoms with Gasteiger partial charge in [-0.25, -0.2) is 4.98 Å². The van der Waals surface area contributed by atoms with Crippen LogP contribution in [0.5, 0.6) is 0 Å². The highest BCUT2D eigenvalue weighted by atomic mass is 35.5. The molecule has 0 spiro atoms. The highest BCUT2D eigenvalue weighted by molar-refractivity contribution is 6.41. The third-order valence-corrected chi connectivity index (χ3v) is 2.65. The van der Waals surface area contributed by atoms with Crippen LogP contribution in [-0.2, 0) is 0 Å². The zero-order chi connectivity index (χ0) is 11.0. The molecular weight excluding hydrogens is 251 g/mol. The number of halogens is 2. The lowest BCUT2D eigenvalue weighted by molar-refractivity contribution is -0.254. The first-order valence-corrected chi connectivity index (χ1v) is 4.81. The minimum Gasteiger partial charge on any atom is -0.545 e. The second-order valence-electron chi connectivity index (χ2n) is 2.93. The van der Waals surface area contributed by atoms with E-state index < -0.39 is 5.97 Å². The van der Waals surface area contributed by atoms with E-state index in [2.05, 4.69) is 4.98 Å². The second kappa shape index (κ2) is 4.65. The first kappa shape index (κ1) is 12.7. The maximum atomic E-state index is 10.8. The summed E-state index contributed by atoms with van der Waals surface area (Å²) in [7, 11) is 0. The number of carbonyl (C=O) groups excluding carboxylic acids is 1. The number of fused-ring (bicyclic) bond motifs is 1. The standard InChI is InChI=1S/C10H5Cl2NO2.H3N/c11-7-4-5-2-1-3-6(10(14)15)8(5)13-9(7)12;/h1-4H,(H,14,15);1H3. The SMILES string of the molecule is O=C([O-])c1cccc2cc(Cl)c(Cl)nc12.[NH4+]. The summed E-state index contributed by atoms with van der Waals surface area (Å²) in [5.41, 5.74) is 0.290. The van der Waals surface area contributed by atoms with E-state index in [0.717, 1.165) is 0 Å². The van der Waals surface area contributed by atoms with Crippen LogP contribution in [0, 0.1) is 0 Å². The van der Waals surface area contributed by atoms with E-state index in [1.165, 1.54) is 6.07 Å². The fourth-order valence-corrected chi connectivity index (χ4v) is 1.61. The number of carboxylic acids is 1. The van der Waals surface area contributed by atoms with Crippen molar-refractivity contribution >= 4 is 40.1 Å². The van der Waals surface area contributed by atoms with Gasteiger partial charge in [0.1, 0.15) is 5.15 Å². The van der Waals surface area contributed by atoms with Gasteiger partial charge in [-0.2, -0.15) is 0 Å². The van der Waals surface area contributed by atoms with Crippen molar-refractivity contribution in [2.75, 3.05) is 0 Å². The Hall–Kier alpha value is -1.36. The maximum Gasteiger partial charge on any atom is 0.148 e. The number of pyridine rings is 1. The van der Waals surface area contributed by atoms with Crippen LogP contribution in [0.3, 0.4) is 0 Å². The number of quaternary nitrogens is 1. The van der Waals surface area contributed by atoms with Gasteiger partial charge in [0.2, 0.25) is 0 Å². The van der Waals surface area contributed by atoms with Crippen LogP contribution in [0.1, 0.15) is 10.4 Å². The maximum absolute atomic E-state index is 10.8. The number of nitrogens with zero attached hydrogens (tertiary/aromatic N) is 1. The van der Waals surface area contributed by atoms with Gasteiger partial charge in [-0.3, -0.25) is 0 Å². The summed E-state index contributed by atoms with van der Waals surface area (Å²) in [6, 6.07) is 6.28. The molecule has 0 bridgehead atoms. The molecule has 0 saturated heterocycles. The lowest BCUT2D eigenvalue weighted by Gasteiger charge is -2.07. The predicted molar refractivity (Wildman–Crippen MR) is 62.1 cm³/mol. The summed E-state index contributed by atoms with van der Waals surface area (Å²) < 4.78 is 0. The van der Waals surface area contributed by atoms with Crippen molar-refractivity contribution in [1.29, 1.82) is 0 Å². The number of hydrogen-bond acceptors (Lipinski definition) is 3. The molecule has 1 aromatic carbocycles. The summed E-state index contributed by atoms with van der Waals surface area (Å²) in [4.78, 5) is 14.7. The largest absolute Gasteiger partial charge is 0.545 e. The summed E-state index contributed by atoms with van der Waals surface area (Å²) in [6.07, 6.45) is 0. The van der Waals surface area contributed by atoms with Crippen LogP contribution in [0.25, 0.3) is 10.9 Å². The fourth-order valence-electron chi connectivity index (χ4n) is 1.31. The molecule has 0 unspecified atom stereocenters.